The average molecular weight is 114 g/mol. The van der Waals surface area contributed by atoms with E-state index < -0.39 is 0 Å². The van der Waals surface area contributed by atoms with Gasteiger partial charge in [-0.1, -0.05) is 12.7 Å². The lowest BCUT2D eigenvalue weighted by molar-refractivity contribution is 0.895. The second kappa shape index (κ2) is 6.41. The summed E-state index contributed by atoms with van der Waals surface area (Å²) in [4.78, 5) is 0. The summed E-state index contributed by atoms with van der Waals surface area (Å²) in [6.45, 7) is 0. The Labute approximate surface area is 51.5 Å². The number of thioether (sulfide) groups is 1. The molecule has 0 heterocycles. The second-order valence-corrected chi connectivity index (χ2v) is 2.47. The van der Waals surface area contributed by atoms with Crippen molar-refractivity contribution < 1.29 is 0 Å². The van der Waals surface area contributed by atoms with Gasteiger partial charge in [0.1, 0.15) is 0 Å². The summed E-state index contributed by atoms with van der Waals surface area (Å²) in [5.74, 6) is 1.26. The molecule has 0 rings (SSSR count). The third kappa shape index (κ3) is 6.41. The summed E-state index contributed by atoms with van der Waals surface area (Å²) >= 11 is 1.89. The standard InChI is InChI=1S/C5H11BS/c1-7-5-3-2-4-6/h2-5H2,1H3. The van der Waals surface area contributed by atoms with Crippen LogP contribution in [0.5, 0.6) is 0 Å². The van der Waals surface area contributed by atoms with Crippen molar-refractivity contribution in [2.24, 2.45) is 0 Å². The number of rotatable bonds is 4. The SMILES string of the molecule is [B]CCCCSC. The van der Waals surface area contributed by atoms with E-state index >= 15 is 0 Å². The zero-order chi connectivity index (χ0) is 5.54. The molecule has 0 bridgehead atoms. The second-order valence-electron chi connectivity index (χ2n) is 1.49. The van der Waals surface area contributed by atoms with Gasteiger partial charge in [0, 0.05) is 0 Å². The Morgan fingerprint density at radius 3 is 2.57 bits per heavy atom. The van der Waals surface area contributed by atoms with Crippen LogP contribution in [-0.4, -0.2) is 19.9 Å². The van der Waals surface area contributed by atoms with E-state index in [1.807, 2.05) is 11.8 Å². The maximum Gasteiger partial charge on any atom is 0.0653 e. The maximum atomic E-state index is 5.26. The van der Waals surface area contributed by atoms with Gasteiger partial charge in [0.25, 0.3) is 0 Å². The summed E-state index contributed by atoms with van der Waals surface area (Å²) in [6, 6.07) is 0. The Balaban J connectivity index is 2.45. The highest BCUT2D eigenvalue weighted by Gasteiger charge is 1.80. The molecule has 0 aliphatic carbocycles. The van der Waals surface area contributed by atoms with Crippen LogP contribution in [0.25, 0.3) is 0 Å². The molecule has 0 spiro atoms. The fourth-order valence-corrected chi connectivity index (χ4v) is 0.884. The summed E-state index contributed by atoms with van der Waals surface area (Å²) in [6.07, 6.45) is 5.43. The predicted molar refractivity (Wildman–Crippen MR) is 38.2 cm³/mol. The smallest absolute Gasteiger partial charge is 0.0653 e. The first-order valence-electron chi connectivity index (χ1n) is 2.61. The summed E-state index contributed by atoms with van der Waals surface area (Å²) in [5, 5.41) is 0. The quantitative estimate of drug-likeness (QED) is 0.396. The van der Waals surface area contributed by atoms with Crippen LogP contribution in [0.3, 0.4) is 0 Å². The Bertz CT molecular complexity index is 27.3. The normalized spacial score (nSPS) is 9.29. The molecule has 0 aliphatic heterocycles. The molecule has 0 fully saturated rings. The van der Waals surface area contributed by atoms with E-state index in [0.29, 0.717) is 0 Å². The molecule has 0 saturated heterocycles. The van der Waals surface area contributed by atoms with Crippen molar-refractivity contribution in [1.82, 2.24) is 0 Å². The van der Waals surface area contributed by atoms with Gasteiger partial charge in [-0.2, -0.15) is 11.8 Å². The van der Waals surface area contributed by atoms with Gasteiger partial charge in [-0.25, -0.2) is 0 Å². The van der Waals surface area contributed by atoms with Crippen LogP contribution in [0, 0.1) is 0 Å². The van der Waals surface area contributed by atoms with Crippen LogP contribution in [0.2, 0.25) is 6.32 Å². The van der Waals surface area contributed by atoms with E-state index in [1.54, 1.807) is 0 Å². The highest BCUT2D eigenvalue weighted by molar-refractivity contribution is 7.98. The van der Waals surface area contributed by atoms with Crippen LogP contribution in [0.1, 0.15) is 12.8 Å². The van der Waals surface area contributed by atoms with Crippen LogP contribution in [-0.2, 0) is 0 Å². The van der Waals surface area contributed by atoms with Crippen molar-refractivity contribution in [3.8, 4) is 0 Å². The van der Waals surface area contributed by atoms with Gasteiger partial charge in [0.2, 0.25) is 0 Å². The first-order chi connectivity index (χ1) is 3.41. The van der Waals surface area contributed by atoms with E-state index in [2.05, 4.69) is 6.26 Å². The summed E-state index contributed by atoms with van der Waals surface area (Å²) < 4.78 is 0. The van der Waals surface area contributed by atoms with Crippen molar-refractivity contribution in [3.05, 3.63) is 0 Å². The molecule has 2 heteroatoms. The molecule has 0 amide bonds. The fourth-order valence-electron chi connectivity index (χ4n) is 0.391. The monoisotopic (exact) mass is 114 g/mol. The molecule has 0 aromatic rings. The van der Waals surface area contributed by atoms with Crippen LogP contribution < -0.4 is 0 Å². The van der Waals surface area contributed by atoms with Crippen LogP contribution in [0.15, 0.2) is 0 Å². The molecule has 7 heavy (non-hydrogen) atoms. The lowest BCUT2D eigenvalue weighted by Gasteiger charge is -1.90. The predicted octanol–water partition coefficient (Wildman–Crippen LogP) is 1.72. The molecule has 0 nitrogen and oxygen atoms in total. The van der Waals surface area contributed by atoms with E-state index in [0.717, 1.165) is 6.32 Å². The van der Waals surface area contributed by atoms with Crippen molar-refractivity contribution in [1.29, 1.82) is 0 Å². The van der Waals surface area contributed by atoms with Crippen molar-refractivity contribution >= 4 is 19.6 Å². The molecule has 40 valence electrons. The van der Waals surface area contributed by atoms with E-state index in [-0.39, 0.29) is 0 Å². The highest BCUT2D eigenvalue weighted by atomic mass is 32.2. The van der Waals surface area contributed by atoms with E-state index in [1.165, 1.54) is 18.6 Å². The third-order valence-corrected chi connectivity index (χ3v) is 1.50. The molecule has 0 aromatic carbocycles. The van der Waals surface area contributed by atoms with Crippen LogP contribution in [0.4, 0.5) is 0 Å². The molecule has 2 radical (unpaired) electrons. The van der Waals surface area contributed by atoms with Gasteiger partial charge in [-0.05, 0) is 18.4 Å². The highest BCUT2D eigenvalue weighted by Crippen LogP contribution is 1.99. The topological polar surface area (TPSA) is 0 Å². The largest absolute Gasteiger partial charge is 0.165 e. The van der Waals surface area contributed by atoms with Crippen LogP contribution >= 0.6 is 11.8 Å². The van der Waals surface area contributed by atoms with Crippen molar-refractivity contribution in [2.45, 2.75) is 19.2 Å². The first kappa shape index (κ1) is 7.41. The van der Waals surface area contributed by atoms with Gasteiger partial charge < -0.3 is 0 Å². The average Bonchev–Trinajstić information content (AvgIpc) is 1.69. The Morgan fingerprint density at radius 1 is 1.43 bits per heavy atom. The van der Waals surface area contributed by atoms with E-state index in [4.69, 9.17) is 7.85 Å². The van der Waals surface area contributed by atoms with Gasteiger partial charge >= 0.3 is 0 Å². The Kier molecular flexibility index (Phi) is 6.80. The first-order valence-corrected chi connectivity index (χ1v) is 4.00. The van der Waals surface area contributed by atoms with Gasteiger partial charge in [-0.15, -0.1) is 0 Å². The van der Waals surface area contributed by atoms with Gasteiger partial charge in [-0.3, -0.25) is 0 Å². The minimum absolute atomic E-state index is 0.848. The summed E-state index contributed by atoms with van der Waals surface area (Å²) in [5.41, 5.74) is 0. The number of hydrogen-bond donors (Lipinski definition) is 0. The molecular formula is C5H11BS. The molecular weight excluding hydrogens is 103 g/mol. The van der Waals surface area contributed by atoms with Gasteiger partial charge in [0.15, 0.2) is 0 Å². The Hall–Kier alpha value is 0.415. The zero-order valence-electron chi connectivity index (χ0n) is 4.81. The van der Waals surface area contributed by atoms with Crippen molar-refractivity contribution in [3.63, 3.8) is 0 Å². The number of unbranched alkanes of at least 4 members (excludes halogenated alkanes) is 1. The van der Waals surface area contributed by atoms with E-state index in [9.17, 15) is 0 Å². The third-order valence-electron chi connectivity index (χ3n) is 0.803. The van der Waals surface area contributed by atoms with Crippen molar-refractivity contribution in [2.75, 3.05) is 12.0 Å². The molecule has 0 unspecified atom stereocenters. The maximum absolute atomic E-state index is 5.26. The number of hydrogen-bond acceptors (Lipinski definition) is 1. The lowest BCUT2D eigenvalue weighted by Crippen LogP contribution is -1.76. The molecule has 0 aliphatic rings. The summed E-state index contributed by atoms with van der Waals surface area (Å²) in [7, 11) is 5.26. The Morgan fingerprint density at radius 2 is 2.14 bits per heavy atom. The molecule has 0 aromatic heterocycles. The van der Waals surface area contributed by atoms with Gasteiger partial charge in [0.05, 0.1) is 7.85 Å². The zero-order valence-corrected chi connectivity index (χ0v) is 5.63. The lowest BCUT2D eigenvalue weighted by atomic mass is 10.0. The molecule has 0 N–H and O–H groups in total. The molecule has 0 saturated carbocycles. The minimum Gasteiger partial charge on any atom is -0.165 e. The minimum atomic E-state index is 0.848. The fraction of sp³-hybridized carbons (Fsp3) is 1.00. The molecule has 0 atom stereocenters.